The number of nitrogens with zero attached hydrogens (tertiary/aromatic N) is 1. The third kappa shape index (κ3) is 3.26. The molecule has 0 bridgehead atoms. The van der Waals surface area contributed by atoms with Gasteiger partial charge in [-0.3, -0.25) is 9.59 Å². The van der Waals surface area contributed by atoms with Gasteiger partial charge in [-0.15, -0.1) is 0 Å². The van der Waals surface area contributed by atoms with E-state index in [1.54, 1.807) is 30.1 Å². The predicted molar refractivity (Wildman–Crippen MR) is 75.3 cm³/mol. The van der Waals surface area contributed by atoms with E-state index in [0.717, 1.165) is 5.56 Å². The summed E-state index contributed by atoms with van der Waals surface area (Å²) in [7, 11) is 1.72. The number of para-hydroxylation sites is 1. The fraction of sp³-hybridized carbons (Fsp3) is 0.200. The molecule has 20 heavy (non-hydrogen) atoms. The van der Waals surface area contributed by atoms with Crippen molar-refractivity contribution in [3.05, 3.63) is 54.0 Å². The van der Waals surface area contributed by atoms with Crippen LogP contribution in [-0.2, 0) is 11.3 Å². The quantitative estimate of drug-likeness (QED) is 0.930. The number of amides is 2. The number of anilines is 1. The molecule has 104 valence electrons. The molecule has 0 aliphatic carbocycles. The zero-order chi connectivity index (χ0) is 14.5. The normalized spacial score (nSPS) is 10.1. The van der Waals surface area contributed by atoms with Crippen LogP contribution >= 0.6 is 0 Å². The van der Waals surface area contributed by atoms with Gasteiger partial charge < -0.3 is 14.6 Å². The zero-order valence-corrected chi connectivity index (χ0v) is 11.4. The Kier molecular flexibility index (Phi) is 4.20. The van der Waals surface area contributed by atoms with Crippen molar-refractivity contribution in [2.75, 3.05) is 12.4 Å². The number of hydrogen-bond acceptors (Lipinski definition) is 3. The summed E-state index contributed by atoms with van der Waals surface area (Å²) in [6, 6.07) is 10.6. The Labute approximate surface area is 117 Å². The van der Waals surface area contributed by atoms with Crippen molar-refractivity contribution in [1.29, 1.82) is 0 Å². The topological polar surface area (TPSA) is 62.6 Å². The van der Waals surface area contributed by atoms with Crippen LogP contribution in [-0.4, -0.2) is 23.8 Å². The first kappa shape index (κ1) is 13.9. The molecule has 0 radical (unpaired) electrons. The summed E-state index contributed by atoms with van der Waals surface area (Å²) in [6.07, 6.45) is 1.45. The third-order valence-corrected chi connectivity index (χ3v) is 2.96. The molecule has 5 nitrogen and oxygen atoms in total. The van der Waals surface area contributed by atoms with Crippen LogP contribution in [0.2, 0.25) is 0 Å². The van der Waals surface area contributed by atoms with Crippen molar-refractivity contribution in [1.82, 2.24) is 4.90 Å². The Bertz CT molecular complexity index is 605. The second-order valence-electron chi connectivity index (χ2n) is 4.46. The number of carbonyl (C=O) groups is 2. The molecule has 0 saturated carbocycles. The summed E-state index contributed by atoms with van der Waals surface area (Å²) >= 11 is 0. The monoisotopic (exact) mass is 272 g/mol. The number of benzene rings is 1. The highest BCUT2D eigenvalue weighted by Crippen LogP contribution is 2.18. The van der Waals surface area contributed by atoms with Crippen LogP contribution in [0.5, 0.6) is 0 Å². The standard InChI is InChI=1S/C15H16N2O3/c1-11(18)17(2)10-12-6-3-4-7-13(12)16-15(19)14-8-5-9-20-14/h3-9H,10H2,1-2H3,(H,16,19). The van der Waals surface area contributed by atoms with E-state index in [2.05, 4.69) is 5.32 Å². The van der Waals surface area contributed by atoms with Gasteiger partial charge in [0.05, 0.1) is 6.26 Å². The number of furan rings is 1. The highest BCUT2D eigenvalue weighted by Gasteiger charge is 2.12. The van der Waals surface area contributed by atoms with E-state index in [4.69, 9.17) is 4.42 Å². The van der Waals surface area contributed by atoms with Crippen LogP contribution in [0.15, 0.2) is 47.1 Å². The van der Waals surface area contributed by atoms with Gasteiger partial charge in [0.25, 0.3) is 5.91 Å². The molecule has 1 aromatic heterocycles. The third-order valence-electron chi connectivity index (χ3n) is 2.96. The molecule has 5 heteroatoms. The molecule has 0 saturated heterocycles. The SMILES string of the molecule is CC(=O)N(C)Cc1ccccc1NC(=O)c1ccco1. The first-order valence-corrected chi connectivity index (χ1v) is 6.22. The lowest BCUT2D eigenvalue weighted by atomic mass is 10.1. The smallest absolute Gasteiger partial charge is 0.291 e. The summed E-state index contributed by atoms with van der Waals surface area (Å²) in [5, 5.41) is 2.79. The molecule has 0 atom stereocenters. The molecule has 0 fully saturated rings. The molecule has 1 heterocycles. The molecule has 2 aromatic rings. The fourth-order valence-electron chi connectivity index (χ4n) is 1.74. The Morgan fingerprint density at radius 1 is 1.20 bits per heavy atom. The maximum Gasteiger partial charge on any atom is 0.291 e. The Morgan fingerprint density at radius 2 is 1.95 bits per heavy atom. The molecule has 2 amide bonds. The highest BCUT2D eigenvalue weighted by atomic mass is 16.3. The van der Waals surface area contributed by atoms with E-state index in [9.17, 15) is 9.59 Å². The predicted octanol–water partition coefficient (Wildman–Crippen LogP) is 2.51. The first-order valence-electron chi connectivity index (χ1n) is 6.22. The van der Waals surface area contributed by atoms with E-state index in [0.29, 0.717) is 12.2 Å². The van der Waals surface area contributed by atoms with Gasteiger partial charge in [0.1, 0.15) is 0 Å². The number of rotatable bonds is 4. The molecule has 1 aromatic carbocycles. The maximum absolute atomic E-state index is 12.0. The fourth-order valence-corrected chi connectivity index (χ4v) is 1.74. The summed E-state index contributed by atoms with van der Waals surface area (Å²) in [4.78, 5) is 24.8. The minimum atomic E-state index is -0.312. The average molecular weight is 272 g/mol. The minimum absolute atomic E-state index is 0.0304. The molecule has 0 aliphatic rings. The summed E-state index contributed by atoms with van der Waals surface area (Å²) in [6.45, 7) is 1.94. The lowest BCUT2D eigenvalue weighted by Crippen LogP contribution is -2.24. The lowest BCUT2D eigenvalue weighted by molar-refractivity contribution is -0.128. The van der Waals surface area contributed by atoms with Crippen LogP contribution in [0.3, 0.4) is 0 Å². The second kappa shape index (κ2) is 6.06. The molecule has 0 aliphatic heterocycles. The summed E-state index contributed by atoms with van der Waals surface area (Å²) < 4.78 is 5.05. The van der Waals surface area contributed by atoms with Crippen molar-refractivity contribution < 1.29 is 14.0 Å². The van der Waals surface area contributed by atoms with Crippen LogP contribution in [0, 0.1) is 0 Å². The van der Waals surface area contributed by atoms with Gasteiger partial charge in [0, 0.05) is 26.2 Å². The van der Waals surface area contributed by atoms with Crippen LogP contribution in [0.4, 0.5) is 5.69 Å². The van der Waals surface area contributed by atoms with Crippen molar-refractivity contribution in [3.63, 3.8) is 0 Å². The van der Waals surface area contributed by atoms with Crippen molar-refractivity contribution in [2.45, 2.75) is 13.5 Å². The van der Waals surface area contributed by atoms with Gasteiger partial charge in [-0.2, -0.15) is 0 Å². The van der Waals surface area contributed by atoms with Gasteiger partial charge in [-0.05, 0) is 23.8 Å². The largest absolute Gasteiger partial charge is 0.459 e. The molecular formula is C15H16N2O3. The molecule has 1 N–H and O–H groups in total. The average Bonchev–Trinajstić information content (AvgIpc) is 2.94. The van der Waals surface area contributed by atoms with Crippen LogP contribution in [0.25, 0.3) is 0 Å². The maximum atomic E-state index is 12.0. The lowest BCUT2D eigenvalue weighted by Gasteiger charge is -2.17. The summed E-state index contributed by atoms with van der Waals surface area (Å²) in [5.41, 5.74) is 1.53. The van der Waals surface area contributed by atoms with E-state index in [-0.39, 0.29) is 17.6 Å². The van der Waals surface area contributed by atoms with E-state index < -0.39 is 0 Å². The second-order valence-corrected chi connectivity index (χ2v) is 4.46. The highest BCUT2D eigenvalue weighted by molar-refractivity contribution is 6.02. The minimum Gasteiger partial charge on any atom is -0.459 e. The molecule has 2 rings (SSSR count). The van der Waals surface area contributed by atoms with Gasteiger partial charge in [-0.25, -0.2) is 0 Å². The van der Waals surface area contributed by atoms with Gasteiger partial charge in [0.2, 0.25) is 5.91 Å². The van der Waals surface area contributed by atoms with Crippen LogP contribution in [0.1, 0.15) is 23.0 Å². The molecule has 0 spiro atoms. The van der Waals surface area contributed by atoms with E-state index in [1.165, 1.54) is 13.2 Å². The van der Waals surface area contributed by atoms with Crippen molar-refractivity contribution >= 4 is 17.5 Å². The van der Waals surface area contributed by atoms with E-state index >= 15 is 0 Å². The molecule has 0 unspecified atom stereocenters. The Hall–Kier alpha value is -2.56. The van der Waals surface area contributed by atoms with Gasteiger partial charge >= 0.3 is 0 Å². The van der Waals surface area contributed by atoms with Crippen LogP contribution < -0.4 is 5.32 Å². The Morgan fingerprint density at radius 3 is 2.60 bits per heavy atom. The summed E-state index contributed by atoms with van der Waals surface area (Å²) in [5.74, 6) is -0.0928. The first-order chi connectivity index (χ1) is 9.58. The van der Waals surface area contributed by atoms with Crippen molar-refractivity contribution in [3.8, 4) is 0 Å². The zero-order valence-electron chi connectivity index (χ0n) is 11.4. The Balaban J connectivity index is 2.16. The molecular weight excluding hydrogens is 256 g/mol. The number of carbonyl (C=O) groups excluding carboxylic acids is 2. The van der Waals surface area contributed by atoms with Gasteiger partial charge in [-0.1, -0.05) is 18.2 Å². The number of nitrogens with one attached hydrogen (secondary N) is 1. The van der Waals surface area contributed by atoms with E-state index in [1.807, 2.05) is 18.2 Å². The van der Waals surface area contributed by atoms with Crippen molar-refractivity contribution in [2.24, 2.45) is 0 Å². The number of hydrogen-bond donors (Lipinski definition) is 1. The van der Waals surface area contributed by atoms with Gasteiger partial charge in [0.15, 0.2) is 5.76 Å².